The molecule has 1 atom stereocenters. The molecule has 4 nitrogen and oxygen atoms in total. The van der Waals surface area contributed by atoms with Crippen LogP contribution in [0.25, 0.3) is 0 Å². The third-order valence-corrected chi connectivity index (χ3v) is 5.09. The third kappa shape index (κ3) is 5.07. The summed E-state index contributed by atoms with van der Waals surface area (Å²) in [4.78, 5) is 0. The molecule has 0 N–H and O–H groups in total. The van der Waals surface area contributed by atoms with Crippen molar-refractivity contribution in [3.63, 3.8) is 0 Å². The van der Waals surface area contributed by atoms with Gasteiger partial charge in [0.2, 0.25) is 0 Å². The zero-order valence-electron chi connectivity index (χ0n) is 13.9. The number of hydrogen-bond donors (Lipinski definition) is 0. The maximum absolute atomic E-state index is 12.7. The fourth-order valence-electron chi connectivity index (χ4n) is 1.91. The number of ether oxygens (including phenoxy) is 1. The minimum atomic E-state index is -4.51. The van der Waals surface area contributed by atoms with Crippen molar-refractivity contribution in [2.75, 3.05) is 13.8 Å². The number of halogens is 5. The average Bonchev–Trinajstić information content (AvgIpc) is 2.52. The lowest BCUT2D eigenvalue weighted by atomic mass is 10.2. The van der Waals surface area contributed by atoms with Crippen LogP contribution < -0.4 is 9.26 Å². The van der Waals surface area contributed by atoms with Gasteiger partial charge in [0.25, 0.3) is 0 Å². The second kappa shape index (κ2) is 7.69. The lowest BCUT2D eigenvalue weighted by Gasteiger charge is -2.17. The molecule has 2 aromatic carbocycles. The summed E-state index contributed by atoms with van der Waals surface area (Å²) >= 11 is 12.0. The van der Waals surface area contributed by atoms with E-state index >= 15 is 0 Å². The van der Waals surface area contributed by atoms with Gasteiger partial charge in [-0.3, -0.25) is 0 Å². The van der Waals surface area contributed by atoms with Gasteiger partial charge >= 0.3 is 13.8 Å². The minimum absolute atomic E-state index is 0.0162. The van der Waals surface area contributed by atoms with E-state index in [1.807, 2.05) is 0 Å². The van der Waals surface area contributed by atoms with Crippen LogP contribution in [0.3, 0.4) is 0 Å². The van der Waals surface area contributed by atoms with Gasteiger partial charge in [-0.05, 0) is 36.8 Å². The summed E-state index contributed by atoms with van der Waals surface area (Å²) in [6, 6.07) is 5.60. The molecule has 142 valence electrons. The van der Waals surface area contributed by atoms with E-state index in [4.69, 9.17) is 37.0 Å². The summed E-state index contributed by atoms with van der Waals surface area (Å²) in [7, 11) is -2.14. The molecular formula is C16H14Cl2F3O4P. The van der Waals surface area contributed by atoms with E-state index in [1.165, 1.54) is 25.9 Å². The molecule has 0 radical (unpaired) electrons. The molecule has 0 heterocycles. The first-order valence-corrected chi connectivity index (χ1v) is 9.85. The molecule has 0 spiro atoms. The lowest BCUT2D eigenvalue weighted by Crippen LogP contribution is -2.04. The Morgan fingerprint density at radius 2 is 1.62 bits per heavy atom. The number of benzene rings is 2. The monoisotopic (exact) mass is 428 g/mol. The smallest absolute Gasteiger partial charge is 0.416 e. The highest BCUT2D eigenvalue weighted by molar-refractivity contribution is 7.53. The highest BCUT2D eigenvalue weighted by Gasteiger charge is 2.31. The molecule has 0 saturated carbocycles. The first kappa shape index (κ1) is 20.9. The Bertz CT molecular complexity index is 871. The van der Waals surface area contributed by atoms with Crippen LogP contribution in [0.2, 0.25) is 10.0 Å². The van der Waals surface area contributed by atoms with Crippen LogP contribution in [-0.2, 0) is 15.3 Å². The standard InChI is InChI=1S/C16H14Cl2F3O4P/c1-9-6-11(17)15(25-26(3,22)23-2)8-14(9)24-13-5-4-10(7-12(13)18)16(19,20)21/h4-8H,1-3H3. The van der Waals surface area contributed by atoms with E-state index in [1.54, 1.807) is 6.92 Å². The highest BCUT2D eigenvalue weighted by atomic mass is 35.5. The predicted molar refractivity (Wildman–Crippen MR) is 93.9 cm³/mol. The van der Waals surface area contributed by atoms with Gasteiger partial charge in [0, 0.05) is 19.8 Å². The summed E-state index contributed by atoms with van der Waals surface area (Å²) in [6.07, 6.45) is -4.51. The van der Waals surface area contributed by atoms with E-state index in [2.05, 4.69) is 0 Å². The van der Waals surface area contributed by atoms with Gasteiger partial charge in [-0.1, -0.05) is 23.2 Å². The van der Waals surface area contributed by atoms with Gasteiger partial charge in [-0.15, -0.1) is 0 Å². The molecule has 0 aromatic heterocycles. The summed E-state index contributed by atoms with van der Waals surface area (Å²) in [6.45, 7) is 2.93. The second-order valence-corrected chi connectivity index (χ2v) is 8.24. The number of alkyl halides is 3. The summed E-state index contributed by atoms with van der Waals surface area (Å²) in [5, 5.41) is -0.0396. The van der Waals surface area contributed by atoms with Gasteiger partial charge in [0.15, 0.2) is 5.75 Å². The Balaban J connectivity index is 2.36. The van der Waals surface area contributed by atoms with Crippen molar-refractivity contribution in [2.24, 2.45) is 0 Å². The van der Waals surface area contributed by atoms with E-state index in [0.29, 0.717) is 5.56 Å². The average molecular weight is 429 g/mol. The van der Waals surface area contributed by atoms with Crippen LogP contribution in [0, 0.1) is 6.92 Å². The normalized spacial score (nSPS) is 14.0. The fraction of sp³-hybridized carbons (Fsp3) is 0.250. The lowest BCUT2D eigenvalue weighted by molar-refractivity contribution is -0.137. The van der Waals surface area contributed by atoms with E-state index in [9.17, 15) is 17.7 Å². The molecule has 1 unspecified atom stereocenters. The van der Waals surface area contributed by atoms with Gasteiger partial charge in [-0.2, -0.15) is 13.2 Å². The molecule has 0 bridgehead atoms. The van der Waals surface area contributed by atoms with Crippen molar-refractivity contribution >= 4 is 30.8 Å². The van der Waals surface area contributed by atoms with Gasteiger partial charge < -0.3 is 13.8 Å². The number of hydrogen-bond acceptors (Lipinski definition) is 4. The molecular weight excluding hydrogens is 415 g/mol. The van der Waals surface area contributed by atoms with Gasteiger partial charge in [0.05, 0.1) is 15.6 Å². The van der Waals surface area contributed by atoms with Crippen LogP contribution in [0.4, 0.5) is 13.2 Å². The zero-order chi connectivity index (χ0) is 19.7. The molecule has 0 aliphatic heterocycles. The van der Waals surface area contributed by atoms with Crippen molar-refractivity contribution in [1.82, 2.24) is 0 Å². The molecule has 2 rings (SSSR count). The molecule has 26 heavy (non-hydrogen) atoms. The first-order valence-electron chi connectivity index (χ1n) is 7.10. The molecule has 10 heteroatoms. The van der Waals surface area contributed by atoms with Gasteiger partial charge in [0.1, 0.15) is 11.5 Å². The van der Waals surface area contributed by atoms with E-state index < -0.39 is 19.3 Å². The molecule has 0 fully saturated rings. The van der Waals surface area contributed by atoms with E-state index in [-0.39, 0.29) is 27.3 Å². The Hall–Kier alpha value is -1.40. The van der Waals surface area contributed by atoms with Crippen LogP contribution in [0.5, 0.6) is 17.2 Å². The van der Waals surface area contributed by atoms with Crippen molar-refractivity contribution in [1.29, 1.82) is 0 Å². The van der Waals surface area contributed by atoms with Crippen LogP contribution in [0.15, 0.2) is 30.3 Å². The quantitative estimate of drug-likeness (QED) is 0.482. The van der Waals surface area contributed by atoms with Crippen molar-refractivity contribution in [3.05, 3.63) is 51.5 Å². The fourth-order valence-corrected chi connectivity index (χ4v) is 3.02. The number of aryl methyl sites for hydroxylation is 1. The molecule has 2 aromatic rings. The summed E-state index contributed by atoms with van der Waals surface area (Å²) in [5.41, 5.74) is -0.319. The molecule has 0 aliphatic rings. The molecule has 0 amide bonds. The topological polar surface area (TPSA) is 44.8 Å². The van der Waals surface area contributed by atoms with Crippen LogP contribution >= 0.6 is 30.8 Å². The van der Waals surface area contributed by atoms with Crippen molar-refractivity contribution in [2.45, 2.75) is 13.1 Å². The van der Waals surface area contributed by atoms with Crippen molar-refractivity contribution in [3.8, 4) is 17.2 Å². The molecule has 0 saturated heterocycles. The Labute approximate surface area is 158 Å². The van der Waals surface area contributed by atoms with Gasteiger partial charge in [-0.25, -0.2) is 4.57 Å². The third-order valence-electron chi connectivity index (χ3n) is 3.30. The zero-order valence-corrected chi connectivity index (χ0v) is 16.3. The second-order valence-electron chi connectivity index (χ2n) is 5.34. The Morgan fingerprint density at radius 1 is 1.00 bits per heavy atom. The summed E-state index contributed by atoms with van der Waals surface area (Å²) < 4.78 is 65.7. The maximum atomic E-state index is 12.7. The number of rotatable bonds is 5. The molecule has 0 aliphatic carbocycles. The SMILES string of the molecule is COP(C)(=O)Oc1cc(Oc2ccc(C(F)(F)F)cc2Cl)c(C)cc1Cl. The maximum Gasteiger partial charge on any atom is 0.416 e. The largest absolute Gasteiger partial charge is 0.455 e. The van der Waals surface area contributed by atoms with E-state index in [0.717, 1.165) is 18.2 Å². The van der Waals surface area contributed by atoms with Crippen molar-refractivity contribution < 1.29 is 31.5 Å². The predicted octanol–water partition coefficient (Wildman–Crippen LogP) is 6.96. The van der Waals surface area contributed by atoms with Crippen LogP contribution in [-0.4, -0.2) is 13.8 Å². The minimum Gasteiger partial charge on any atom is -0.455 e. The van der Waals surface area contributed by atoms with Crippen LogP contribution in [0.1, 0.15) is 11.1 Å². The Morgan fingerprint density at radius 3 is 2.15 bits per heavy atom. The first-order chi connectivity index (χ1) is 11.9. The Kier molecular flexibility index (Phi) is 6.18. The highest BCUT2D eigenvalue weighted by Crippen LogP contribution is 2.47. The summed E-state index contributed by atoms with van der Waals surface area (Å²) in [5.74, 6) is 0.285.